The van der Waals surface area contributed by atoms with Crippen LogP contribution in [-0.2, 0) is 22.4 Å². The first-order valence-electron chi connectivity index (χ1n) is 10.8. The lowest BCUT2D eigenvalue weighted by Crippen LogP contribution is -2.43. The van der Waals surface area contributed by atoms with Gasteiger partial charge in [0, 0.05) is 22.0 Å². The number of Topliss-reactive ketones (excluding diaryl/α,β-unsaturated/α-hetero) is 2. The van der Waals surface area contributed by atoms with E-state index in [2.05, 4.69) is 0 Å². The summed E-state index contributed by atoms with van der Waals surface area (Å²) in [6.45, 7) is 10.9. The van der Waals surface area contributed by atoms with Crippen molar-refractivity contribution in [2.24, 2.45) is 16.2 Å². The smallest absolute Gasteiger partial charge is 0.321 e. The Morgan fingerprint density at radius 1 is 0.576 bits per heavy atom. The lowest BCUT2D eigenvalue weighted by atomic mass is 9.76. The second-order valence-corrected chi connectivity index (χ2v) is 10.6. The largest absolute Gasteiger partial charge is 0.480 e. The van der Waals surface area contributed by atoms with Crippen LogP contribution in [0.1, 0.15) is 73.4 Å². The van der Waals surface area contributed by atoms with Crippen molar-refractivity contribution in [1.29, 1.82) is 0 Å². The fourth-order valence-corrected chi connectivity index (χ4v) is 3.57. The average Bonchev–Trinajstić information content (AvgIpc) is 2.71. The highest BCUT2D eigenvalue weighted by atomic mass is 16.4. The fraction of sp³-hybridized carbons (Fsp3) is 0.407. The van der Waals surface area contributed by atoms with Gasteiger partial charge in [0.2, 0.25) is 0 Å². The van der Waals surface area contributed by atoms with Crippen molar-refractivity contribution in [3.8, 4) is 0 Å². The van der Waals surface area contributed by atoms with Gasteiger partial charge in [0.25, 0.3) is 0 Å². The number of benzene rings is 2. The molecule has 0 atom stereocenters. The van der Waals surface area contributed by atoms with Crippen molar-refractivity contribution in [1.82, 2.24) is 0 Å². The quantitative estimate of drug-likeness (QED) is 0.427. The second-order valence-electron chi connectivity index (χ2n) is 10.6. The van der Waals surface area contributed by atoms with E-state index in [4.69, 9.17) is 0 Å². The summed E-state index contributed by atoms with van der Waals surface area (Å²) < 4.78 is 0. The molecular weight excluding hydrogens is 420 g/mol. The molecular formula is C27H32O6. The zero-order valence-electron chi connectivity index (χ0n) is 20.1. The number of carboxylic acid groups (broad SMARTS) is 2. The maximum atomic E-state index is 12.4. The molecule has 176 valence electrons. The van der Waals surface area contributed by atoms with Crippen LogP contribution in [0.15, 0.2) is 48.5 Å². The molecule has 0 spiro atoms. The SMILES string of the molecule is CC(C)(C)C(=O)c1ccc(CC(Cc2ccc(C(=O)C(C)(C)C)cc2)(C(=O)O)C(=O)O)cc1. The number of hydrogen-bond acceptors (Lipinski definition) is 4. The van der Waals surface area contributed by atoms with Gasteiger partial charge in [-0.2, -0.15) is 0 Å². The van der Waals surface area contributed by atoms with Crippen molar-refractivity contribution in [3.63, 3.8) is 0 Å². The van der Waals surface area contributed by atoms with E-state index in [1.165, 1.54) is 0 Å². The molecule has 0 aliphatic carbocycles. The highest BCUT2D eigenvalue weighted by Gasteiger charge is 2.46. The van der Waals surface area contributed by atoms with Crippen molar-refractivity contribution >= 4 is 23.5 Å². The van der Waals surface area contributed by atoms with E-state index in [0.717, 1.165) is 0 Å². The van der Waals surface area contributed by atoms with E-state index in [1.807, 2.05) is 41.5 Å². The molecule has 0 saturated carbocycles. The minimum Gasteiger partial charge on any atom is -0.480 e. The molecule has 2 aromatic rings. The number of aliphatic carboxylic acids is 2. The molecule has 0 aliphatic heterocycles. The summed E-state index contributed by atoms with van der Waals surface area (Å²) in [6, 6.07) is 12.8. The Kier molecular flexibility index (Phi) is 7.32. The number of rotatable bonds is 8. The predicted molar refractivity (Wildman–Crippen MR) is 126 cm³/mol. The molecule has 2 rings (SSSR count). The first-order valence-corrected chi connectivity index (χ1v) is 10.8. The van der Waals surface area contributed by atoms with Gasteiger partial charge in [-0.05, 0) is 24.0 Å². The molecule has 6 heteroatoms. The van der Waals surface area contributed by atoms with Crippen molar-refractivity contribution in [3.05, 3.63) is 70.8 Å². The topological polar surface area (TPSA) is 109 Å². The molecule has 2 aromatic carbocycles. The van der Waals surface area contributed by atoms with E-state index in [-0.39, 0.29) is 24.4 Å². The van der Waals surface area contributed by atoms with Gasteiger partial charge >= 0.3 is 11.9 Å². The fourth-order valence-electron chi connectivity index (χ4n) is 3.57. The molecule has 0 heterocycles. The highest BCUT2D eigenvalue weighted by Crippen LogP contribution is 2.31. The lowest BCUT2D eigenvalue weighted by molar-refractivity contribution is -0.164. The number of carbonyl (C=O) groups excluding carboxylic acids is 2. The molecule has 0 unspecified atom stereocenters. The van der Waals surface area contributed by atoms with Crippen LogP contribution in [0.25, 0.3) is 0 Å². The van der Waals surface area contributed by atoms with Gasteiger partial charge in [0.05, 0.1) is 0 Å². The summed E-state index contributed by atoms with van der Waals surface area (Å²) in [6.07, 6.45) is -0.491. The number of hydrogen-bond donors (Lipinski definition) is 2. The Hall–Kier alpha value is -3.28. The minimum absolute atomic E-state index is 0.0540. The van der Waals surface area contributed by atoms with Gasteiger partial charge in [-0.1, -0.05) is 90.1 Å². The molecule has 0 aliphatic rings. The first-order chi connectivity index (χ1) is 15.1. The summed E-state index contributed by atoms with van der Waals surface area (Å²) in [7, 11) is 0. The molecule has 2 N–H and O–H groups in total. The van der Waals surface area contributed by atoms with Crippen LogP contribution in [0.2, 0.25) is 0 Å². The van der Waals surface area contributed by atoms with E-state index >= 15 is 0 Å². The van der Waals surface area contributed by atoms with Crippen LogP contribution in [0, 0.1) is 16.2 Å². The van der Waals surface area contributed by atoms with E-state index < -0.39 is 28.2 Å². The third-order valence-corrected chi connectivity index (χ3v) is 5.63. The van der Waals surface area contributed by atoms with Crippen molar-refractivity contribution in [2.45, 2.75) is 54.4 Å². The Labute approximate surface area is 194 Å². The molecule has 6 nitrogen and oxygen atoms in total. The normalized spacial score (nSPS) is 12.3. The van der Waals surface area contributed by atoms with E-state index in [1.54, 1.807) is 48.5 Å². The van der Waals surface area contributed by atoms with Gasteiger partial charge in [0.1, 0.15) is 0 Å². The molecule has 0 radical (unpaired) electrons. The van der Waals surface area contributed by atoms with Crippen LogP contribution < -0.4 is 0 Å². The van der Waals surface area contributed by atoms with Gasteiger partial charge in [0.15, 0.2) is 17.0 Å². The van der Waals surface area contributed by atoms with Gasteiger partial charge < -0.3 is 10.2 Å². The average molecular weight is 453 g/mol. The van der Waals surface area contributed by atoms with E-state index in [9.17, 15) is 29.4 Å². The van der Waals surface area contributed by atoms with Crippen LogP contribution in [0.3, 0.4) is 0 Å². The standard InChI is InChI=1S/C27H32O6/c1-25(2,3)21(28)19-11-7-17(8-12-19)15-27(23(30)31,24(32)33)16-18-9-13-20(14-10-18)22(29)26(4,5)6/h7-14H,15-16H2,1-6H3,(H,30,31)(H,32,33). The van der Waals surface area contributed by atoms with Gasteiger partial charge in [-0.15, -0.1) is 0 Å². The minimum atomic E-state index is -2.09. The molecule has 0 aromatic heterocycles. The second kappa shape index (κ2) is 9.30. The molecule has 0 saturated heterocycles. The van der Waals surface area contributed by atoms with Crippen LogP contribution in [-0.4, -0.2) is 33.7 Å². The molecule has 33 heavy (non-hydrogen) atoms. The Morgan fingerprint density at radius 3 is 1.06 bits per heavy atom. The Bertz CT molecular complexity index is 960. The summed E-state index contributed by atoms with van der Waals surface area (Å²) in [4.78, 5) is 49.3. The van der Waals surface area contributed by atoms with Gasteiger partial charge in [-0.3, -0.25) is 19.2 Å². The highest BCUT2D eigenvalue weighted by molar-refractivity contribution is 6.01. The summed E-state index contributed by atoms with van der Waals surface area (Å²) >= 11 is 0. The van der Waals surface area contributed by atoms with Crippen LogP contribution >= 0.6 is 0 Å². The molecule has 0 bridgehead atoms. The Balaban J connectivity index is 2.35. The zero-order valence-corrected chi connectivity index (χ0v) is 20.1. The third kappa shape index (κ3) is 5.95. The van der Waals surface area contributed by atoms with Crippen LogP contribution in [0.4, 0.5) is 0 Å². The lowest BCUT2D eigenvalue weighted by Gasteiger charge is -2.26. The van der Waals surface area contributed by atoms with E-state index in [0.29, 0.717) is 22.3 Å². The van der Waals surface area contributed by atoms with Crippen molar-refractivity contribution in [2.75, 3.05) is 0 Å². The monoisotopic (exact) mass is 452 g/mol. The maximum absolute atomic E-state index is 12.4. The third-order valence-electron chi connectivity index (χ3n) is 5.63. The summed E-state index contributed by atoms with van der Waals surface area (Å²) in [5.41, 5.74) is -1.23. The number of carbonyl (C=O) groups is 4. The molecule has 0 fully saturated rings. The summed E-state index contributed by atoms with van der Waals surface area (Å²) in [5.74, 6) is -3.00. The molecule has 0 amide bonds. The van der Waals surface area contributed by atoms with Gasteiger partial charge in [-0.25, -0.2) is 0 Å². The number of ketones is 2. The predicted octanol–water partition coefficient (Wildman–Crippen LogP) is 5.09. The summed E-state index contributed by atoms with van der Waals surface area (Å²) in [5, 5.41) is 19.9. The van der Waals surface area contributed by atoms with Crippen LogP contribution in [0.5, 0.6) is 0 Å². The maximum Gasteiger partial charge on any atom is 0.321 e. The Morgan fingerprint density at radius 2 is 0.848 bits per heavy atom. The van der Waals surface area contributed by atoms with Crippen molar-refractivity contribution < 1.29 is 29.4 Å². The zero-order chi connectivity index (χ0) is 25.2. The first kappa shape index (κ1) is 26.0. The number of carboxylic acids is 2.